The topological polar surface area (TPSA) is 92.4 Å². The molecule has 1 aliphatic carbocycles. The van der Waals surface area contributed by atoms with E-state index in [9.17, 15) is 13.5 Å². The maximum atomic E-state index is 12.5. The lowest BCUT2D eigenvalue weighted by atomic mass is 9.93. The molecule has 1 saturated carbocycles. The van der Waals surface area contributed by atoms with E-state index in [-0.39, 0.29) is 4.90 Å². The molecule has 112 valence electrons. The smallest absolute Gasteiger partial charge is 0.241 e. The third-order valence-electron chi connectivity index (χ3n) is 3.80. The minimum absolute atomic E-state index is 0.220. The standard InChI is InChI=1S/C14H22N2O3S/c1-2-10-7-8-11(15)9-14(10)20(18,19)16-12-5-3-4-6-13(12)17/h7-9,12-13,16-17H,2-6,15H2,1H3/t12-,13-/m0/s1. The molecule has 2 rings (SSSR count). The summed E-state index contributed by atoms with van der Waals surface area (Å²) in [6.07, 6.45) is 3.20. The Morgan fingerprint density at radius 2 is 2.05 bits per heavy atom. The molecule has 0 saturated heterocycles. The Balaban J connectivity index is 2.28. The number of rotatable bonds is 4. The van der Waals surface area contributed by atoms with Crippen LogP contribution in [0.1, 0.15) is 38.2 Å². The van der Waals surface area contributed by atoms with E-state index in [0.29, 0.717) is 24.9 Å². The fourth-order valence-electron chi connectivity index (χ4n) is 2.62. The number of aliphatic hydroxyl groups is 1. The van der Waals surface area contributed by atoms with Gasteiger partial charge < -0.3 is 10.8 Å². The van der Waals surface area contributed by atoms with Crippen molar-refractivity contribution in [3.8, 4) is 0 Å². The molecule has 0 radical (unpaired) electrons. The molecule has 4 N–H and O–H groups in total. The Morgan fingerprint density at radius 3 is 2.70 bits per heavy atom. The lowest BCUT2D eigenvalue weighted by molar-refractivity contribution is 0.101. The van der Waals surface area contributed by atoms with Gasteiger partial charge in [0, 0.05) is 11.7 Å². The number of sulfonamides is 1. The lowest BCUT2D eigenvalue weighted by Gasteiger charge is -2.28. The average molecular weight is 298 g/mol. The monoisotopic (exact) mass is 298 g/mol. The van der Waals surface area contributed by atoms with Crippen molar-refractivity contribution in [1.29, 1.82) is 0 Å². The molecular formula is C14H22N2O3S. The number of hydrogen-bond donors (Lipinski definition) is 3. The second kappa shape index (κ2) is 6.11. The first-order chi connectivity index (χ1) is 9.44. The molecule has 0 bridgehead atoms. The molecule has 0 aromatic heterocycles. The van der Waals surface area contributed by atoms with Gasteiger partial charge in [0.25, 0.3) is 0 Å². The number of anilines is 1. The number of benzene rings is 1. The molecular weight excluding hydrogens is 276 g/mol. The number of nitrogens with one attached hydrogen (secondary N) is 1. The van der Waals surface area contributed by atoms with Crippen molar-refractivity contribution in [2.24, 2.45) is 0 Å². The Bertz CT molecular complexity index is 572. The van der Waals surface area contributed by atoms with Crippen molar-refractivity contribution in [3.63, 3.8) is 0 Å². The molecule has 0 amide bonds. The SMILES string of the molecule is CCc1ccc(N)cc1S(=O)(=O)N[C@H]1CCCC[C@@H]1O. The third kappa shape index (κ3) is 3.31. The minimum Gasteiger partial charge on any atom is -0.399 e. The molecule has 1 fully saturated rings. The van der Waals surface area contributed by atoms with Crippen molar-refractivity contribution in [2.45, 2.75) is 56.1 Å². The van der Waals surface area contributed by atoms with Crippen LogP contribution in [0.2, 0.25) is 0 Å². The number of aryl methyl sites for hydroxylation is 1. The van der Waals surface area contributed by atoms with Crippen LogP contribution >= 0.6 is 0 Å². The summed E-state index contributed by atoms with van der Waals surface area (Å²) < 4.78 is 27.6. The molecule has 1 aromatic carbocycles. The van der Waals surface area contributed by atoms with Gasteiger partial charge in [-0.2, -0.15) is 0 Å². The van der Waals surface area contributed by atoms with Crippen molar-refractivity contribution >= 4 is 15.7 Å². The maximum Gasteiger partial charge on any atom is 0.241 e. The van der Waals surface area contributed by atoms with Gasteiger partial charge in [-0.15, -0.1) is 0 Å². The Morgan fingerprint density at radius 1 is 1.35 bits per heavy atom. The summed E-state index contributed by atoms with van der Waals surface area (Å²) in [7, 11) is -3.65. The fraction of sp³-hybridized carbons (Fsp3) is 0.571. The van der Waals surface area contributed by atoms with Crippen LogP contribution in [0, 0.1) is 0 Å². The molecule has 0 unspecified atom stereocenters. The second-order valence-electron chi connectivity index (χ2n) is 5.30. The molecule has 20 heavy (non-hydrogen) atoms. The third-order valence-corrected chi connectivity index (χ3v) is 5.37. The highest BCUT2D eigenvalue weighted by atomic mass is 32.2. The highest BCUT2D eigenvalue weighted by Crippen LogP contribution is 2.23. The molecule has 2 atom stereocenters. The van der Waals surface area contributed by atoms with Gasteiger partial charge in [-0.05, 0) is 37.0 Å². The van der Waals surface area contributed by atoms with E-state index in [1.165, 1.54) is 6.07 Å². The van der Waals surface area contributed by atoms with Crippen molar-refractivity contribution in [2.75, 3.05) is 5.73 Å². The van der Waals surface area contributed by atoms with Gasteiger partial charge in [-0.25, -0.2) is 13.1 Å². The first-order valence-corrected chi connectivity index (χ1v) is 8.51. The summed E-state index contributed by atoms with van der Waals surface area (Å²) in [5, 5.41) is 9.91. The van der Waals surface area contributed by atoms with Crippen molar-refractivity contribution in [1.82, 2.24) is 4.72 Å². The normalized spacial score (nSPS) is 23.7. The van der Waals surface area contributed by atoms with Crippen LogP contribution in [-0.2, 0) is 16.4 Å². The molecule has 5 nitrogen and oxygen atoms in total. The Hall–Kier alpha value is -1.11. The van der Waals surface area contributed by atoms with Crippen molar-refractivity contribution < 1.29 is 13.5 Å². The second-order valence-corrected chi connectivity index (χ2v) is 6.98. The zero-order valence-corrected chi connectivity index (χ0v) is 12.5. The predicted octanol–water partition coefficient (Wildman–Crippen LogP) is 1.41. The van der Waals surface area contributed by atoms with E-state index in [2.05, 4.69) is 4.72 Å². The maximum absolute atomic E-state index is 12.5. The minimum atomic E-state index is -3.65. The van der Waals surface area contributed by atoms with E-state index < -0.39 is 22.2 Å². The van der Waals surface area contributed by atoms with Gasteiger partial charge in [0.1, 0.15) is 0 Å². The number of aliphatic hydroxyl groups excluding tert-OH is 1. The van der Waals surface area contributed by atoms with Gasteiger partial charge in [0.05, 0.1) is 11.0 Å². The molecule has 6 heteroatoms. The van der Waals surface area contributed by atoms with E-state index in [0.717, 1.165) is 18.4 Å². The summed E-state index contributed by atoms with van der Waals surface area (Å²) >= 11 is 0. The Kier molecular flexibility index (Phi) is 4.67. The fourth-order valence-corrected chi connectivity index (χ4v) is 4.27. The van der Waals surface area contributed by atoms with Crippen LogP contribution in [0.15, 0.2) is 23.1 Å². The zero-order valence-electron chi connectivity index (χ0n) is 11.7. The first kappa shape index (κ1) is 15.3. The Labute approximate surface area is 120 Å². The summed E-state index contributed by atoms with van der Waals surface area (Å²) in [4.78, 5) is 0.220. The van der Waals surface area contributed by atoms with Crippen molar-refractivity contribution in [3.05, 3.63) is 23.8 Å². The van der Waals surface area contributed by atoms with Gasteiger partial charge >= 0.3 is 0 Å². The van der Waals surface area contributed by atoms with Gasteiger partial charge in [-0.3, -0.25) is 0 Å². The first-order valence-electron chi connectivity index (χ1n) is 7.03. The number of hydrogen-bond acceptors (Lipinski definition) is 4. The predicted molar refractivity (Wildman–Crippen MR) is 78.8 cm³/mol. The van der Waals surface area contributed by atoms with Gasteiger partial charge in [0.2, 0.25) is 10.0 Å². The summed E-state index contributed by atoms with van der Waals surface area (Å²) in [6.45, 7) is 1.90. The van der Waals surface area contributed by atoms with Gasteiger partial charge in [0.15, 0.2) is 0 Å². The molecule has 0 heterocycles. The van der Waals surface area contributed by atoms with Crippen LogP contribution in [0.5, 0.6) is 0 Å². The molecule has 1 aliphatic rings. The zero-order chi connectivity index (χ0) is 14.8. The van der Waals surface area contributed by atoms with Crippen LogP contribution < -0.4 is 10.5 Å². The summed E-state index contributed by atoms with van der Waals surface area (Å²) in [5.41, 5.74) is 6.85. The van der Waals surface area contributed by atoms with Crippen LogP contribution in [0.3, 0.4) is 0 Å². The van der Waals surface area contributed by atoms with Crippen LogP contribution in [-0.4, -0.2) is 25.7 Å². The van der Waals surface area contributed by atoms with Gasteiger partial charge in [-0.1, -0.05) is 25.8 Å². The highest BCUT2D eigenvalue weighted by Gasteiger charge is 2.29. The van der Waals surface area contributed by atoms with Crippen LogP contribution in [0.25, 0.3) is 0 Å². The molecule has 0 aliphatic heterocycles. The quantitative estimate of drug-likeness (QED) is 0.733. The van der Waals surface area contributed by atoms with E-state index in [4.69, 9.17) is 5.73 Å². The number of nitrogen functional groups attached to an aromatic ring is 1. The molecule has 1 aromatic rings. The number of nitrogens with two attached hydrogens (primary N) is 1. The summed E-state index contributed by atoms with van der Waals surface area (Å²) in [5.74, 6) is 0. The lowest BCUT2D eigenvalue weighted by Crippen LogP contribution is -2.45. The summed E-state index contributed by atoms with van der Waals surface area (Å²) in [6, 6.07) is 4.52. The van der Waals surface area contributed by atoms with E-state index >= 15 is 0 Å². The van der Waals surface area contributed by atoms with E-state index in [1.54, 1.807) is 12.1 Å². The molecule has 0 spiro atoms. The highest BCUT2D eigenvalue weighted by molar-refractivity contribution is 7.89. The van der Waals surface area contributed by atoms with Crippen LogP contribution in [0.4, 0.5) is 5.69 Å². The van der Waals surface area contributed by atoms with E-state index in [1.807, 2.05) is 6.92 Å². The average Bonchev–Trinajstić information content (AvgIpc) is 2.41. The largest absolute Gasteiger partial charge is 0.399 e.